The lowest BCUT2D eigenvalue weighted by atomic mass is 10.1. The zero-order chi connectivity index (χ0) is 13.1. The van der Waals surface area contributed by atoms with E-state index in [1.165, 1.54) is 0 Å². The monoisotopic (exact) mass is 244 g/mol. The number of benzene rings is 1. The Labute approximate surface area is 108 Å². The van der Waals surface area contributed by atoms with E-state index in [-0.39, 0.29) is 6.04 Å². The number of furan rings is 1. The smallest absolute Gasteiger partial charge is 0.123 e. The van der Waals surface area contributed by atoms with E-state index in [9.17, 15) is 0 Å². The van der Waals surface area contributed by atoms with Crippen LogP contribution in [0.4, 0.5) is 5.69 Å². The highest BCUT2D eigenvalue weighted by Crippen LogP contribution is 2.19. The molecule has 96 valence electrons. The van der Waals surface area contributed by atoms with Crippen LogP contribution in [0.2, 0.25) is 0 Å². The molecule has 0 unspecified atom stereocenters. The second kappa shape index (κ2) is 5.27. The van der Waals surface area contributed by atoms with E-state index in [0.717, 1.165) is 29.3 Å². The first-order chi connectivity index (χ1) is 8.56. The molecule has 1 atom stereocenters. The third-order valence-electron chi connectivity index (χ3n) is 3.05. The summed E-state index contributed by atoms with van der Waals surface area (Å²) in [5, 5.41) is 0. The van der Waals surface area contributed by atoms with Crippen LogP contribution in [0.25, 0.3) is 0 Å². The van der Waals surface area contributed by atoms with E-state index in [0.29, 0.717) is 0 Å². The summed E-state index contributed by atoms with van der Waals surface area (Å²) in [7, 11) is 2.05. The third-order valence-corrected chi connectivity index (χ3v) is 3.05. The van der Waals surface area contributed by atoms with Gasteiger partial charge in [0.25, 0.3) is 0 Å². The van der Waals surface area contributed by atoms with Crippen molar-refractivity contribution < 1.29 is 4.42 Å². The molecule has 0 radical (unpaired) electrons. The molecular weight excluding hydrogens is 224 g/mol. The maximum Gasteiger partial charge on any atom is 0.123 e. The molecule has 1 aromatic heterocycles. The van der Waals surface area contributed by atoms with Gasteiger partial charge in [0.2, 0.25) is 0 Å². The van der Waals surface area contributed by atoms with Crippen LogP contribution in [-0.4, -0.2) is 7.05 Å². The van der Waals surface area contributed by atoms with E-state index in [4.69, 9.17) is 10.2 Å². The van der Waals surface area contributed by atoms with Gasteiger partial charge in [-0.25, -0.2) is 0 Å². The summed E-state index contributed by atoms with van der Waals surface area (Å²) >= 11 is 0. The largest absolute Gasteiger partial charge is 0.464 e. The minimum Gasteiger partial charge on any atom is -0.464 e. The second-order valence-corrected chi connectivity index (χ2v) is 4.75. The van der Waals surface area contributed by atoms with Gasteiger partial charge in [-0.1, -0.05) is 12.1 Å². The summed E-state index contributed by atoms with van der Waals surface area (Å²) in [6.45, 7) is 4.72. The Hall–Kier alpha value is -1.74. The standard InChI is InChI=1S/C15H20N2O/c1-11-4-9-15(18-11)10-17(3)14-7-5-13(6-8-14)12(2)16/h4-9,12H,10,16H2,1-3H3/t12-/m0/s1. The van der Waals surface area contributed by atoms with Gasteiger partial charge in [-0.3, -0.25) is 0 Å². The predicted octanol–water partition coefficient (Wildman–Crippen LogP) is 3.24. The lowest BCUT2D eigenvalue weighted by molar-refractivity contribution is 0.482. The molecule has 0 saturated carbocycles. The minimum absolute atomic E-state index is 0.0806. The Morgan fingerprint density at radius 1 is 1.17 bits per heavy atom. The number of nitrogens with zero attached hydrogens (tertiary/aromatic N) is 1. The number of hydrogen-bond acceptors (Lipinski definition) is 3. The third kappa shape index (κ3) is 2.93. The van der Waals surface area contributed by atoms with Crippen molar-refractivity contribution in [2.45, 2.75) is 26.4 Å². The summed E-state index contributed by atoms with van der Waals surface area (Å²) in [5.74, 6) is 1.93. The fourth-order valence-corrected chi connectivity index (χ4v) is 1.93. The second-order valence-electron chi connectivity index (χ2n) is 4.75. The molecule has 2 N–H and O–H groups in total. The number of nitrogens with two attached hydrogens (primary N) is 1. The van der Waals surface area contributed by atoms with Crippen molar-refractivity contribution in [3.05, 3.63) is 53.5 Å². The fraction of sp³-hybridized carbons (Fsp3) is 0.333. The first-order valence-corrected chi connectivity index (χ1v) is 6.18. The first-order valence-electron chi connectivity index (χ1n) is 6.18. The Morgan fingerprint density at radius 2 is 1.83 bits per heavy atom. The van der Waals surface area contributed by atoms with Crippen LogP contribution >= 0.6 is 0 Å². The first kappa shape index (κ1) is 12.7. The summed E-state index contributed by atoms with van der Waals surface area (Å²) in [6, 6.07) is 12.4. The van der Waals surface area contributed by atoms with Crippen LogP contribution in [0.1, 0.15) is 30.0 Å². The predicted molar refractivity (Wildman–Crippen MR) is 74.6 cm³/mol. The van der Waals surface area contributed by atoms with Crippen LogP contribution in [0.3, 0.4) is 0 Å². The topological polar surface area (TPSA) is 42.4 Å². The molecular formula is C15H20N2O. The Balaban J connectivity index is 2.06. The molecule has 2 rings (SSSR count). The number of rotatable bonds is 4. The average Bonchev–Trinajstić information content (AvgIpc) is 2.75. The zero-order valence-corrected chi connectivity index (χ0v) is 11.2. The molecule has 18 heavy (non-hydrogen) atoms. The highest BCUT2D eigenvalue weighted by Gasteiger charge is 2.06. The van der Waals surface area contributed by atoms with E-state index >= 15 is 0 Å². The Morgan fingerprint density at radius 3 is 2.33 bits per heavy atom. The van der Waals surface area contributed by atoms with Crippen molar-refractivity contribution in [3.8, 4) is 0 Å². The number of aryl methyl sites for hydroxylation is 1. The van der Waals surface area contributed by atoms with Crippen LogP contribution in [0.15, 0.2) is 40.8 Å². The van der Waals surface area contributed by atoms with Gasteiger partial charge < -0.3 is 15.1 Å². The molecule has 3 nitrogen and oxygen atoms in total. The van der Waals surface area contributed by atoms with Crippen LogP contribution in [0.5, 0.6) is 0 Å². The van der Waals surface area contributed by atoms with Crippen molar-refractivity contribution in [2.75, 3.05) is 11.9 Å². The van der Waals surface area contributed by atoms with Gasteiger partial charge in [0.15, 0.2) is 0 Å². The van der Waals surface area contributed by atoms with Gasteiger partial charge in [0.1, 0.15) is 11.5 Å². The van der Waals surface area contributed by atoms with Crippen LogP contribution < -0.4 is 10.6 Å². The van der Waals surface area contributed by atoms with Gasteiger partial charge >= 0.3 is 0 Å². The molecule has 0 spiro atoms. The lowest BCUT2D eigenvalue weighted by Crippen LogP contribution is -2.16. The molecule has 0 saturated heterocycles. The SMILES string of the molecule is Cc1ccc(CN(C)c2ccc([C@H](C)N)cc2)o1. The zero-order valence-electron chi connectivity index (χ0n) is 11.2. The van der Waals surface area contributed by atoms with Gasteiger partial charge in [0, 0.05) is 18.8 Å². The highest BCUT2D eigenvalue weighted by molar-refractivity contribution is 5.47. The number of anilines is 1. The summed E-state index contributed by atoms with van der Waals surface area (Å²) < 4.78 is 5.58. The Kier molecular flexibility index (Phi) is 3.72. The fourth-order valence-electron chi connectivity index (χ4n) is 1.93. The van der Waals surface area contributed by atoms with Crippen molar-refractivity contribution in [1.29, 1.82) is 0 Å². The lowest BCUT2D eigenvalue weighted by Gasteiger charge is -2.18. The molecule has 0 aliphatic rings. The van der Waals surface area contributed by atoms with Crippen LogP contribution in [-0.2, 0) is 6.54 Å². The minimum atomic E-state index is 0.0806. The van der Waals surface area contributed by atoms with Crippen molar-refractivity contribution in [2.24, 2.45) is 5.73 Å². The maximum absolute atomic E-state index is 5.84. The van der Waals surface area contributed by atoms with Crippen molar-refractivity contribution in [3.63, 3.8) is 0 Å². The quantitative estimate of drug-likeness (QED) is 0.897. The van der Waals surface area contributed by atoms with E-state index in [1.54, 1.807) is 0 Å². The molecule has 1 heterocycles. The molecule has 3 heteroatoms. The van der Waals surface area contributed by atoms with Gasteiger partial charge in [-0.2, -0.15) is 0 Å². The van der Waals surface area contributed by atoms with E-state index in [1.807, 2.05) is 26.0 Å². The summed E-state index contributed by atoms with van der Waals surface area (Å²) in [5.41, 5.74) is 8.15. The average molecular weight is 244 g/mol. The highest BCUT2D eigenvalue weighted by atomic mass is 16.3. The molecule has 0 fully saturated rings. The van der Waals surface area contributed by atoms with Crippen molar-refractivity contribution >= 4 is 5.69 Å². The van der Waals surface area contributed by atoms with E-state index in [2.05, 4.69) is 36.2 Å². The maximum atomic E-state index is 5.84. The number of hydrogen-bond donors (Lipinski definition) is 1. The molecule has 2 aromatic rings. The van der Waals surface area contributed by atoms with Crippen LogP contribution in [0, 0.1) is 6.92 Å². The molecule has 0 aliphatic carbocycles. The van der Waals surface area contributed by atoms with E-state index < -0.39 is 0 Å². The van der Waals surface area contributed by atoms with Gasteiger partial charge in [-0.15, -0.1) is 0 Å². The molecule has 0 aliphatic heterocycles. The van der Waals surface area contributed by atoms with Gasteiger partial charge in [0.05, 0.1) is 6.54 Å². The molecule has 1 aromatic carbocycles. The Bertz CT molecular complexity index is 499. The van der Waals surface area contributed by atoms with Gasteiger partial charge in [-0.05, 0) is 43.7 Å². The molecule has 0 amide bonds. The normalized spacial score (nSPS) is 12.4. The summed E-state index contributed by atoms with van der Waals surface area (Å²) in [6.07, 6.45) is 0. The molecule has 0 bridgehead atoms. The van der Waals surface area contributed by atoms with Crippen molar-refractivity contribution in [1.82, 2.24) is 0 Å². The summed E-state index contributed by atoms with van der Waals surface area (Å²) in [4.78, 5) is 2.16.